The molecular weight excluding hydrogens is 358 g/mol. The van der Waals surface area contributed by atoms with Crippen LogP contribution in [0.1, 0.15) is 40.0 Å². The summed E-state index contributed by atoms with van der Waals surface area (Å²) in [5.41, 5.74) is 4.57. The van der Waals surface area contributed by atoms with Crippen LogP contribution >= 0.6 is 11.3 Å². The quantitative estimate of drug-likeness (QED) is 0.520. The Morgan fingerprint density at radius 1 is 1.30 bits per heavy atom. The van der Waals surface area contributed by atoms with Crippen LogP contribution in [0.15, 0.2) is 36.7 Å². The molecule has 0 bridgehead atoms. The predicted molar refractivity (Wildman–Crippen MR) is 107 cm³/mol. The zero-order valence-corrected chi connectivity index (χ0v) is 16.2. The minimum atomic E-state index is -0.0420. The molecule has 1 aromatic carbocycles. The molecule has 1 amide bonds. The average Bonchev–Trinajstić information content (AvgIpc) is 3.25. The third kappa shape index (κ3) is 3.83. The Bertz CT molecular complexity index is 1110. The lowest BCUT2D eigenvalue weighted by molar-refractivity contribution is 0.0953. The number of hydrogen-bond acceptors (Lipinski definition) is 5. The van der Waals surface area contributed by atoms with Gasteiger partial charge in [0.15, 0.2) is 5.65 Å². The second-order valence-electron chi connectivity index (χ2n) is 6.55. The summed E-state index contributed by atoms with van der Waals surface area (Å²) in [4.78, 5) is 21.3. The third-order valence-corrected chi connectivity index (χ3v) is 5.58. The van der Waals surface area contributed by atoms with E-state index in [9.17, 15) is 4.79 Å². The van der Waals surface area contributed by atoms with Crippen molar-refractivity contribution in [3.05, 3.63) is 58.5 Å². The molecule has 138 valence electrons. The predicted octanol–water partition coefficient (Wildman–Crippen LogP) is 3.57. The Labute approximate surface area is 161 Å². The third-order valence-electron chi connectivity index (χ3n) is 4.41. The molecule has 6 nitrogen and oxygen atoms in total. The van der Waals surface area contributed by atoms with Crippen LogP contribution in [0, 0.1) is 6.92 Å². The standard InChI is InChI=1S/C20H21N5OS/c1-3-19-23-16-7-6-15(10-17(16)27-19)20(26)21-8-4-5-14-11-22-18-9-13(2)24-25(18)12-14/h6-7,9-12H,3-5,8H2,1-2H3,(H,21,26). The molecule has 0 atom stereocenters. The van der Waals surface area contributed by atoms with Crippen LogP contribution < -0.4 is 5.32 Å². The van der Waals surface area contributed by atoms with Crippen molar-refractivity contribution in [1.82, 2.24) is 24.9 Å². The van der Waals surface area contributed by atoms with Crippen molar-refractivity contribution in [3.8, 4) is 0 Å². The summed E-state index contributed by atoms with van der Waals surface area (Å²) < 4.78 is 2.87. The number of nitrogens with one attached hydrogen (secondary N) is 1. The zero-order valence-electron chi connectivity index (χ0n) is 15.4. The first kappa shape index (κ1) is 17.6. The first-order valence-corrected chi connectivity index (χ1v) is 9.92. The summed E-state index contributed by atoms with van der Waals surface area (Å²) in [6.07, 6.45) is 6.49. The van der Waals surface area contributed by atoms with Gasteiger partial charge in [0.05, 0.1) is 20.9 Å². The number of carbonyl (C=O) groups is 1. The van der Waals surface area contributed by atoms with E-state index in [1.54, 1.807) is 15.9 Å². The summed E-state index contributed by atoms with van der Waals surface area (Å²) in [5, 5.41) is 8.48. The Kier molecular flexibility index (Phi) is 4.85. The molecule has 0 saturated carbocycles. The lowest BCUT2D eigenvalue weighted by Crippen LogP contribution is -2.24. The Balaban J connectivity index is 1.33. The van der Waals surface area contributed by atoms with Crippen LogP contribution in [0.2, 0.25) is 0 Å². The van der Waals surface area contributed by atoms with E-state index >= 15 is 0 Å². The van der Waals surface area contributed by atoms with Crippen molar-refractivity contribution < 1.29 is 4.79 Å². The van der Waals surface area contributed by atoms with Gasteiger partial charge in [0.1, 0.15) is 0 Å². The van der Waals surface area contributed by atoms with Gasteiger partial charge in [-0.25, -0.2) is 14.5 Å². The van der Waals surface area contributed by atoms with Crippen LogP contribution in [0.4, 0.5) is 0 Å². The normalized spacial score (nSPS) is 11.3. The van der Waals surface area contributed by atoms with Crippen molar-refractivity contribution in [2.45, 2.75) is 33.1 Å². The van der Waals surface area contributed by atoms with Gasteiger partial charge in [-0.15, -0.1) is 11.3 Å². The molecule has 1 N–H and O–H groups in total. The van der Waals surface area contributed by atoms with E-state index in [2.05, 4.69) is 27.3 Å². The van der Waals surface area contributed by atoms with Gasteiger partial charge in [-0.3, -0.25) is 4.79 Å². The minimum absolute atomic E-state index is 0.0420. The lowest BCUT2D eigenvalue weighted by Gasteiger charge is -2.06. The highest BCUT2D eigenvalue weighted by atomic mass is 32.1. The number of rotatable bonds is 6. The molecule has 0 aliphatic rings. The van der Waals surface area contributed by atoms with Crippen molar-refractivity contribution in [2.24, 2.45) is 0 Å². The second-order valence-corrected chi connectivity index (χ2v) is 7.67. The molecule has 0 aliphatic heterocycles. The number of carbonyl (C=O) groups excluding carboxylic acids is 1. The van der Waals surface area contributed by atoms with E-state index in [1.807, 2.05) is 43.6 Å². The zero-order chi connectivity index (χ0) is 18.8. The summed E-state index contributed by atoms with van der Waals surface area (Å²) in [7, 11) is 0. The molecule has 0 fully saturated rings. The van der Waals surface area contributed by atoms with Gasteiger partial charge in [0, 0.05) is 30.6 Å². The van der Waals surface area contributed by atoms with Crippen molar-refractivity contribution >= 4 is 33.1 Å². The van der Waals surface area contributed by atoms with Gasteiger partial charge in [-0.2, -0.15) is 5.10 Å². The Morgan fingerprint density at radius 2 is 2.19 bits per heavy atom. The largest absolute Gasteiger partial charge is 0.352 e. The highest BCUT2D eigenvalue weighted by Gasteiger charge is 2.09. The van der Waals surface area contributed by atoms with Gasteiger partial charge < -0.3 is 5.32 Å². The number of benzene rings is 1. The van der Waals surface area contributed by atoms with Gasteiger partial charge in [0.25, 0.3) is 5.91 Å². The number of amides is 1. The van der Waals surface area contributed by atoms with Crippen LogP contribution in [0.5, 0.6) is 0 Å². The number of aromatic nitrogens is 4. The molecule has 3 aromatic heterocycles. The topological polar surface area (TPSA) is 72.2 Å². The second kappa shape index (κ2) is 7.44. The van der Waals surface area contributed by atoms with E-state index in [-0.39, 0.29) is 5.91 Å². The molecule has 3 heterocycles. The molecule has 4 aromatic rings. The summed E-state index contributed by atoms with van der Waals surface area (Å²) in [6, 6.07) is 7.65. The van der Waals surface area contributed by atoms with Crippen molar-refractivity contribution in [2.75, 3.05) is 6.54 Å². The SMILES string of the molecule is CCc1nc2ccc(C(=O)NCCCc3cnc4cc(C)nn4c3)cc2s1. The molecule has 0 unspecified atom stereocenters. The maximum atomic E-state index is 12.4. The highest BCUT2D eigenvalue weighted by Crippen LogP contribution is 2.23. The fourth-order valence-corrected chi connectivity index (χ4v) is 3.97. The summed E-state index contributed by atoms with van der Waals surface area (Å²) >= 11 is 1.65. The first-order chi connectivity index (χ1) is 13.1. The number of thiazole rings is 1. The van der Waals surface area contributed by atoms with E-state index in [0.29, 0.717) is 12.1 Å². The number of fused-ring (bicyclic) bond motifs is 2. The van der Waals surface area contributed by atoms with Gasteiger partial charge in [0.2, 0.25) is 0 Å². The van der Waals surface area contributed by atoms with Crippen LogP contribution in [-0.4, -0.2) is 32.0 Å². The first-order valence-electron chi connectivity index (χ1n) is 9.11. The summed E-state index contributed by atoms with van der Waals surface area (Å²) in [5.74, 6) is -0.0420. The maximum absolute atomic E-state index is 12.4. The molecule has 4 rings (SSSR count). The maximum Gasteiger partial charge on any atom is 0.251 e. The van der Waals surface area contributed by atoms with E-state index in [4.69, 9.17) is 0 Å². The van der Waals surface area contributed by atoms with E-state index < -0.39 is 0 Å². The van der Waals surface area contributed by atoms with Crippen molar-refractivity contribution in [1.29, 1.82) is 0 Å². The molecule has 0 radical (unpaired) electrons. The van der Waals surface area contributed by atoms with Crippen LogP contribution in [0.3, 0.4) is 0 Å². The Morgan fingerprint density at radius 3 is 3.04 bits per heavy atom. The highest BCUT2D eigenvalue weighted by molar-refractivity contribution is 7.18. The minimum Gasteiger partial charge on any atom is -0.352 e. The van der Waals surface area contributed by atoms with Gasteiger partial charge in [-0.1, -0.05) is 6.92 Å². The smallest absolute Gasteiger partial charge is 0.251 e. The van der Waals surface area contributed by atoms with Gasteiger partial charge >= 0.3 is 0 Å². The Hall–Kier alpha value is -2.80. The number of nitrogens with zero attached hydrogens (tertiary/aromatic N) is 4. The number of aryl methyl sites for hydroxylation is 3. The fraction of sp³-hybridized carbons (Fsp3) is 0.300. The van der Waals surface area contributed by atoms with E-state index in [0.717, 1.165) is 51.4 Å². The molecular formula is C20H21N5OS. The molecule has 0 spiro atoms. The fourth-order valence-electron chi connectivity index (χ4n) is 3.02. The lowest BCUT2D eigenvalue weighted by atomic mass is 10.1. The van der Waals surface area contributed by atoms with Crippen LogP contribution in [-0.2, 0) is 12.8 Å². The summed E-state index contributed by atoms with van der Waals surface area (Å²) in [6.45, 7) is 4.67. The van der Waals surface area contributed by atoms with Gasteiger partial charge in [-0.05, 0) is 49.9 Å². The molecule has 0 aliphatic carbocycles. The molecule has 27 heavy (non-hydrogen) atoms. The van der Waals surface area contributed by atoms with Crippen molar-refractivity contribution in [3.63, 3.8) is 0 Å². The number of hydrogen-bond donors (Lipinski definition) is 1. The monoisotopic (exact) mass is 379 g/mol. The molecule has 0 saturated heterocycles. The van der Waals surface area contributed by atoms with E-state index in [1.165, 1.54) is 0 Å². The molecule has 7 heteroatoms. The average molecular weight is 379 g/mol. The van der Waals surface area contributed by atoms with Crippen LogP contribution in [0.25, 0.3) is 15.9 Å².